The number of carboxylic acids is 2. The molecule has 0 aromatic heterocycles. The van der Waals surface area contributed by atoms with Gasteiger partial charge in [0.05, 0.1) is 0 Å². The number of aliphatic carboxylic acids is 2. The fraction of sp³-hybridized carbons (Fsp3) is 0.857. The Balaban J connectivity index is 0. The molecule has 20 heavy (non-hydrogen) atoms. The molecule has 0 bridgehead atoms. The Bertz CT molecular complexity index is 222. The van der Waals surface area contributed by atoms with Crippen molar-refractivity contribution in [2.45, 2.75) is 77.4 Å². The minimum absolute atomic E-state index is 0.188. The fourth-order valence-electron chi connectivity index (χ4n) is 1.48. The van der Waals surface area contributed by atoms with E-state index in [4.69, 9.17) is 20.4 Å². The summed E-state index contributed by atoms with van der Waals surface area (Å²) in [7, 11) is 0. The van der Waals surface area contributed by atoms with Crippen LogP contribution in [0, 0.1) is 0 Å². The Morgan fingerprint density at radius 1 is 0.800 bits per heavy atom. The molecule has 0 aliphatic carbocycles. The lowest BCUT2D eigenvalue weighted by molar-refractivity contribution is -0.138. The number of carbonyl (C=O) groups is 2. The summed E-state index contributed by atoms with van der Waals surface area (Å²) in [6.45, 7) is 2.09. The number of hydrogen-bond acceptors (Lipinski definition) is 4. The van der Waals surface area contributed by atoms with Crippen LogP contribution in [0.4, 0.5) is 0 Å². The van der Waals surface area contributed by atoms with E-state index >= 15 is 0 Å². The maximum Gasteiger partial charge on any atom is 0.303 e. The summed E-state index contributed by atoms with van der Waals surface area (Å²) in [5.74, 6) is -1.57. The average Bonchev–Trinajstić information content (AvgIpc) is 2.33. The lowest BCUT2D eigenvalue weighted by Gasteiger charge is -1.99. The predicted octanol–water partition coefficient (Wildman–Crippen LogP) is 2.37. The summed E-state index contributed by atoms with van der Waals surface area (Å²) >= 11 is 0. The van der Waals surface area contributed by atoms with E-state index in [1.54, 1.807) is 0 Å². The fourth-order valence-corrected chi connectivity index (χ4v) is 1.48. The van der Waals surface area contributed by atoms with Crippen molar-refractivity contribution in [2.75, 3.05) is 0 Å². The first-order valence-electron chi connectivity index (χ1n) is 7.19. The van der Waals surface area contributed by atoms with Crippen LogP contribution in [0.15, 0.2) is 0 Å². The first-order valence-corrected chi connectivity index (χ1v) is 7.19. The van der Waals surface area contributed by atoms with E-state index in [0.717, 1.165) is 32.1 Å². The van der Waals surface area contributed by atoms with Gasteiger partial charge in [0.1, 0.15) is 0 Å². The minimum Gasteiger partial charge on any atom is -0.481 e. The van der Waals surface area contributed by atoms with E-state index in [9.17, 15) is 9.59 Å². The van der Waals surface area contributed by atoms with Crippen LogP contribution in [0.25, 0.3) is 0 Å². The summed E-state index contributed by atoms with van der Waals surface area (Å²) in [6, 6.07) is 0. The van der Waals surface area contributed by atoms with Gasteiger partial charge in [-0.05, 0) is 25.7 Å². The standard InChI is InChI=1S/C8H14O4.C6H14O2/c9-7(10)5-3-1-2-4-6-8(11)12;1-2-3-4-5-6(7)8/h1-6H2,(H,9,10)(H,11,12);6-8H,2-5H2,1H3. The van der Waals surface area contributed by atoms with Gasteiger partial charge in [-0.1, -0.05) is 32.6 Å². The van der Waals surface area contributed by atoms with E-state index in [-0.39, 0.29) is 12.8 Å². The molecule has 0 rings (SSSR count). The molecule has 4 N–H and O–H groups in total. The largest absolute Gasteiger partial charge is 0.481 e. The molecular weight excluding hydrogens is 264 g/mol. The van der Waals surface area contributed by atoms with E-state index in [1.807, 2.05) is 0 Å². The third-order valence-electron chi connectivity index (χ3n) is 2.60. The Morgan fingerprint density at radius 3 is 1.55 bits per heavy atom. The lowest BCUT2D eigenvalue weighted by Crippen LogP contribution is -2.02. The third kappa shape index (κ3) is 25.6. The van der Waals surface area contributed by atoms with Gasteiger partial charge in [0.15, 0.2) is 6.29 Å². The smallest absolute Gasteiger partial charge is 0.303 e. The number of aliphatic hydroxyl groups excluding tert-OH is 1. The SMILES string of the molecule is CCCCCC(O)O.O=C(O)CCCCCCC(=O)O. The minimum atomic E-state index is -1.10. The van der Waals surface area contributed by atoms with E-state index < -0.39 is 18.2 Å². The molecule has 0 unspecified atom stereocenters. The molecule has 0 saturated carbocycles. The second-order valence-electron chi connectivity index (χ2n) is 4.68. The molecule has 0 aromatic carbocycles. The number of rotatable bonds is 11. The molecule has 0 aromatic rings. The highest BCUT2D eigenvalue weighted by atomic mass is 16.5. The van der Waals surface area contributed by atoms with Crippen LogP contribution in [0.5, 0.6) is 0 Å². The monoisotopic (exact) mass is 292 g/mol. The molecule has 120 valence electrons. The zero-order chi connectivity index (χ0) is 15.8. The van der Waals surface area contributed by atoms with Gasteiger partial charge < -0.3 is 20.4 Å². The van der Waals surface area contributed by atoms with Crippen LogP contribution in [0.3, 0.4) is 0 Å². The molecule has 0 atom stereocenters. The summed E-state index contributed by atoms with van der Waals surface area (Å²) in [5, 5.41) is 33.2. The number of aliphatic hydroxyl groups is 2. The summed E-state index contributed by atoms with van der Waals surface area (Å²) in [6.07, 6.45) is 5.86. The topological polar surface area (TPSA) is 115 Å². The Labute approximate surface area is 120 Å². The molecular formula is C14H28O6. The maximum atomic E-state index is 10.0. The van der Waals surface area contributed by atoms with E-state index in [1.165, 1.54) is 0 Å². The molecule has 6 heteroatoms. The van der Waals surface area contributed by atoms with Crippen molar-refractivity contribution in [2.24, 2.45) is 0 Å². The van der Waals surface area contributed by atoms with Crippen LogP contribution in [-0.4, -0.2) is 38.7 Å². The van der Waals surface area contributed by atoms with Gasteiger partial charge in [-0.2, -0.15) is 0 Å². The highest BCUT2D eigenvalue weighted by Crippen LogP contribution is 2.04. The van der Waals surface area contributed by atoms with Crippen LogP contribution < -0.4 is 0 Å². The second kappa shape index (κ2) is 15.9. The molecule has 0 amide bonds. The Hall–Kier alpha value is -1.14. The van der Waals surface area contributed by atoms with Crippen molar-refractivity contribution in [3.8, 4) is 0 Å². The van der Waals surface area contributed by atoms with Gasteiger partial charge in [0.2, 0.25) is 0 Å². The van der Waals surface area contributed by atoms with Gasteiger partial charge in [0.25, 0.3) is 0 Å². The zero-order valence-electron chi connectivity index (χ0n) is 12.3. The first-order chi connectivity index (χ1) is 9.40. The molecule has 0 saturated heterocycles. The molecule has 0 spiro atoms. The maximum absolute atomic E-state index is 10.0. The Kier molecular flexibility index (Phi) is 16.8. The van der Waals surface area contributed by atoms with Gasteiger partial charge in [-0.25, -0.2) is 0 Å². The highest BCUT2D eigenvalue weighted by molar-refractivity contribution is 5.66. The van der Waals surface area contributed by atoms with Crippen molar-refractivity contribution in [3.05, 3.63) is 0 Å². The normalized spacial score (nSPS) is 10.0. The van der Waals surface area contributed by atoms with Crippen LogP contribution in [-0.2, 0) is 9.59 Å². The van der Waals surface area contributed by atoms with Crippen LogP contribution >= 0.6 is 0 Å². The second-order valence-corrected chi connectivity index (χ2v) is 4.68. The van der Waals surface area contributed by atoms with Crippen molar-refractivity contribution in [1.82, 2.24) is 0 Å². The van der Waals surface area contributed by atoms with Crippen molar-refractivity contribution in [1.29, 1.82) is 0 Å². The highest BCUT2D eigenvalue weighted by Gasteiger charge is 1.98. The molecule has 0 aliphatic heterocycles. The van der Waals surface area contributed by atoms with Gasteiger partial charge in [-0.15, -0.1) is 0 Å². The summed E-state index contributed by atoms with van der Waals surface area (Å²) < 4.78 is 0. The van der Waals surface area contributed by atoms with Crippen molar-refractivity contribution >= 4 is 11.9 Å². The Morgan fingerprint density at radius 2 is 1.25 bits per heavy atom. The predicted molar refractivity (Wildman–Crippen MR) is 75.3 cm³/mol. The lowest BCUT2D eigenvalue weighted by atomic mass is 10.1. The molecule has 0 fully saturated rings. The quantitative estimate of drug-likeness (QED) is 0.343. The average molecular weight is 292 g/mol. The number of hydrogen-bond donors (Lipinski definition) is 4. The number of carboxylic acid groups (broad SMARTS) is 2. The van der Waals surface area contributed by atoms with Crippen molar-refractivity contribution in [3.63, 3.8) is 0 Å². The first kappa shape index (κ1) is 21.2. The molecule has 0 aliphatic rings. The molecule has 0 radical (unpaired) electrons. The summed E-state index contributed by atoms with van der Waals surface area (Å²) in [5.41, 5.74) is 0. The van der Waals surface area contributed by atoms with Crippen molar-refractivity contribution < 1.29 is 30.0 Å². The van der Waals surface area contributed by atoms with Gasteiger partial charge >= 0.3 is 11.9 Å². The zero-order valence-corrected chi connectivity index (χ0v) is 12.3. The molecule has 6 nitrogen and oxygen atoms in total. The number of unbranched alkanes of at least 4 members (excludes halogenated alkanes) is 5. The third-order valence-corrected chi connectivity index (χ3v) is 2.60. The molecule has 0 heterocycles. The van der Waals surface area contributed by atoms with Gasteiger partial charge in [-0.3, -0.25) is 9.59 Å². The summed E-state index contributed by atoms with van der Waals surface area (Å²) in [4.78, 5) is 20.1. The van der Waals surface area contributed by atoms with E-state index in [2.05, 4.69) is 6.92 Å². The van der Waals surface area contributed by atoms with Gasteiger partial charge in [0, 0.05) is 12.8 Å². The van der Waals surface area contributed by atoms with E-state index in [0.29, 0.717) is 19.3 Å². The van der Waals surface area contributed by atoms with Crippen LogP contribution in [0.2, 0.25) is 0 Å². The van der Waals surface area contributed by atoms with Crippen LogP contribution in [0.1, 0.15) is 71.1 Å².